The minimum Gasteiger partial charge on any atom is -0.507 e. The van der Waals surface area contributed by atoms with Crippen LogP contribution in [0.5, 0.6) is 11.5 Å². The molecule has 0 radical (unpaired) electrons. The molecular weight excluding hydrogens is 432 g/mol. The van der Waals surface area contributed by atoms with Crippen molar-refractivity contribution < 1.29 is 24.2 Å². The highest BCUT2D eigenvalue weighted by Crippen LogP contribution is 2.39. The summed E-state index contributed by atoms with van der Waals surface area (Å²) < 4.78 is 10.7. The number of likely N-dealkylation sites (tertiary alicyclic amines) is 1. The zero-order chi connectivity index (χ0) is 24.2. The van der Waals surface area contributed by atoms with Crippen LogP contribution < -0.4 is 9.47 Å². The molecule has 2 heterocycles. The van der Waals surface area contributed by atoms with Gasteiger partial charge in [0.25, 0.3) is 11.7 Å². The van der Waals surface area contributed by atoms with E-state index in [0.29, 0.717) is 29.0 Å². The average molecular weight is 459 g/mol. The third-order valence-corrected chi connectivity index (χ3v) is 5.95. The Bertz CT molecular complexity index is 1240. The smallest absolute Gasteiger partial charge is 0.295 e. The molecule has 1 saturated heterocycles. The maximum Gasteiger partial charge on any atom is 0.295 e. The third-order valence-electron chi connectivity index (χ3n) is 5.95. The molecule has 0 saturated carbocycles. The number of aromatic nitrogens is 1. The summed E-state index contributed by atoms with van der Waals surface area (Å²) in [6.07, 6.45) is 3.72. The fourth-order valence-electron chi connectivity index (χ4n) is 4.15. The number of aryl methyl sites for hydroxylation is 1. The second-order valence-corrected chi connectivity index (χ2v) is 8.08. The summed E-state index contributed by atoms with van der Waals surface area (Å²) in [7, 11) is 3.13. The molecule has 7 nitrogen and oxygen atoms in total. The summed E-state index contributed by atoms with van der Waals surface area (Å²) >= 11 is 0. The molecule has 1 aliphatic rings. The van der Waals surface area contributed by atoms with Crippen LogP contribution in [0.15, 0.2) is 72.6 Å². The lowest BCUT2D eigenvalue weighted by Gasteiger charge is -2.25. The Balaban J connectivity index is 1.72. The van der Waals surface area contributed by atoms with Crippen LogP contribution in [-0.2, 0) is 16.0 Å². The van der Waals surface area contributed by atoms with E-state index in [4.69, 9.17) is 9.47 Å². The number of rotatable bonds is 7. The minimum absolute atomic E-state index is 0.0640. The van der Waals surface area contributed by atoms with E-state index >= 15 is 0 Å². The Kier molecular flexibility index (Phi) is 6.63. The first-order chi connectivity index (χ1) is 16.4. The average Bonchev–Trinajstić information content (AvgIpc) is 3.12. The van der Waals surface area contributed by atoms with Crippen molar-refractivity contribution in [1.29, 1.82) is 0 Å². The third kappa shape index (κ3) is 4.37. The molecule has 1 N–H and O–H groups in total. The number of carbonyl (C=O) groups is 2. The summed E-state index contributed by atoms with van der Waals surface area (Å²) in [4.78, 5) is 31.9. The van der Waals surface area contributed by atoms with E-state index in [1.54, 1.807) is 56.9 Å². The number of aliphatic hydroxyl groups excluding tert-OH is 1. The van der Waals surface area contributed by atoms with Crippen LogP contribution in [0.4, 0.5) is 0 Å². The standard InChI is InChI=1S/C27H26N2O5/c1-17-6-9-19(10-7-17)25(30)23-24(20-5-4-13-28-16-20)29(27(32)26(23)31)14-12-18-8-11-21(33-2)22(15-18)34-3/h4-11,13,15-16,24,30H,12,14H2,1-3H3/b25-23+. The number of methoxy groups -OCH3 is 2. The van der Waals surface area contributed by atoms with Crippen molar-refractivity contribution in [3.05, 3.63) is 94.8 Å². The fraction of sp³-hybridized carbons (Fsp3) is 0.222. The van der Waals surface area contributed by atoms with Crippen LogP contribution in [0, 0.1) is 6.92 Å². The molecule has 1 atom stereocenters. The Morgan fingerprint density at radius 1 is 1.03 bits per heavy atom. The van der Waals surface area contributed by atoms with E-state index in [1.165, 1.54) is 4.90 Å². The molecule has 0 bridgehead atoms. The van der Waals surface area contributed by atoms with Crippen molar-refractivity contribution in [2.75, 3.05) is 20.8 Å². The molecule has 34 heavy (non-hydrogen) atoms. The summed E-state index contributed by atoms with van der Waals surface area (Å²) in [5.74, 6) is -0.353. The summed E-state index contributed by atoms with van der Waals surface area (Å²) in [6, 6.07) is 15.5. The van der Waals surface area contributed by atoms with Crippen LogP contribution in [0.2, 0.25) is 0 Å². The van der Waals surface area contributed by atoms with Crippen molar-refractivity contribution >= 4 is 17.4 Å². The number of benzene rings is 2. The molecule has 1 unspecified atom stereocenters. The number of pyridine rings is 1. The second kappa shape index (κ2) is 9.79. The van der Waals surface area contributed by atoms with Gasteiger partial charge in [0.05, 0.1) is 25.8 Å². The Labute approximate surface area is 198 Å². The maximum atomic E-state index is 13.1. The SMILES string of the molecule is COc1ccc(CCN2C(=O)C(=O)/C(=C(/O)c3ccc(C)cc3)C2c2cccnc2)cc1OC. The molecule has 1 aromatic heterocycles. The van der Waals surface area contributed by atoms with Gasteiger partial charge in [0.1, 0.15) is 5.76 Å². The molecule has 1 fully saturated rings. The largest absolute Gasteiger partial charge is 0.507 e. The number of ether oxygens (including phenoxy) is 2. The summed E-state index contributed by atoms with van der Waals surface area (Å²) in [5, 5.41) is 11.1. The molecule has 4 rings (SSSR count). The van der Waals surface area contributed by atoms with Crippen LogP contribution in [0.1, 0.15) is 28.3 Å². The van der Waals surface area contributed by atoms with E-state index < -0.39 is 17.7 Å². The van der Waals surface area contributed by atoms with Gasteiger partial charge in [-0.25, -0.2) is 0 Å². The van der Waals surface area contributed by atoms with Gasteiger partial charge < -0.3 is 19.5 Å². The van der Waals surface area contributed by atoms with E-state index in [9.17, 15) is 14.7 Å². The highest BCUT2D eigenvalue weighted by molar-refractivity contribution is 6.46. The lowest BCUT2D eigenvalue weighted by atomic mass is 9.96. The van der Waals surface area contributed by atoms with Gasteiger partial charge in [-0.3, -0.25) is 14.6 Å². The first kappa shape index (κ1) is 23.0. The van der Waals surface area contributed by atoms with E-state index in [-0.39, 0.29) is 17.9 Å². The molecule has 7 heteroatoms. The fourth-order valence-corrected chi connectivity index (χ4v) is 4.15. The lowest BCUT2D eigenvalue weighted by Crippen LogP contribution is -2.31. The monoisotopic (exact) mass is 458 g/mol. The molecule has 0 spiro atoms. The van der Waals surface area contributed by atoms with Crippen LogP contribution in [0.3, 0.4) is 0 Å². The Morgan fingerprint density at radius 2 is 1.76 bits per heavy atom. The lowest BCUT2D eigenvalue weighted by molar-refractivity contribution is -0.139. The van der Waals surface area contributed by atoms with Crippen molar-refractivity contribution in [2.24, 2.45) is 0 Å². The van der Waals surface area contributed by atoms with Gasteiger partial charge in [-0.2, -0.15) is 0 Å². The van der Waals surface area contributed by atoms with Crippen molar-refractivity contribution in [2.45, 2.75) is 19.4 Å². The molecule has 0 aliphatic carbocycles. The van der Waals surface area contributed by atoms with Crippen molar-refractivity contribution in [1.82, 2.24) is 9.88 Å². The quantitative estimate of drug-likeness (QED) is 0.326. The van der Waals surface area contributed by atoms with Crippen molar-refractivity contribution in [3.8, 4) is 11.5 Å². The van der Waals surface area contributed by atoms with Gasteiger partial charge in [-0.15, -0.1) is 0 Å². The minimum atomic E-state index is -0.741. The summed E-state index contributed by atoms with van der Waals surface area (Å²) in [6.45, 7) is 2.21. The normalized spacial score (nSPS) is 17.1. The maximum absolute atomic E-state index is 13.1. The first-order valence-electron chi connectivity index (χ1n) is 10.9. The van der Waals surface area contributed by atoms with Gasteiger partial charge >= 0.3 is 0 Å². The van der Waals surface area contributed by atoms with Crippen LogP contribution in [-0.4, -0.2) is 47.4 Å². The predicted molar refractivity (Wildman–Crippen MR) is 128 cm³/mol. The highest BCUT2D eigenvalue weighted by atomic mass is 16.5. The van der Waals surface area contributed by atoms with Gasteiger partial charge in [0.15, 0.2) is 11.5 Å². The molecule has 2 aromatic carbocycles. The summed E-state index contributed by atoms with van der Waals surface area (Å²) in [5.41, 5.74) is 3.15. The van der Waals surface area contributed by atoms with Gasteiger partial charge in [-0.1, -0.05) is 42.0 Å². The number of hydrogen-bond acceptors (Lipinski definition) is 6. The van der Waals surface area contributed by atoms with E-state index in [2.05, 4.69) is 4.98 Å². The number of Topliss-reactive ketones (excluding diaryl/α,β-unsaturated/α-hetero) is 1. The molecule has 1 aliphatic heterocycles. The first-order valence-corrected chi connectivity index (χ1v) is 10.9. The Hall–Kier alpha value is -4.13. The van der Waals surface area contributed by atoms with Crippen molar-refractivity contribution in [3.63, 3.8) is 0 Å². The van der Waals surface area contributed by atoms with Gasteiger partial charge in [-0.05, 0) is 42.7 Å². The highest BCUT2D eigenvalue weighted by Gasteiger charge is 2.45. The number of aliphatic hydroxyl groups is 1. The number of ketones is 1. The Morgan fingerprint density at radius 3 is 2.41 bits per heavy atom. The van der Waals surface area contributed by atoms with E-state index in [0.717, 1.165) is 11.1 Å². The van der Waals surface area contributed by atoms with Gasteiger partial charge in [0, 0.05) is 24.5 Å². The molecule has 3 aromatic rings. The number of amides is 1. The molecule has 1 amide bonds. The zero-order valence-electron chi connectivity index (χ0n) is 19.3. The van der Waals surface area contributed by atoms with Gasteiger partial charge in [0.2, 0.25) is 0 Å². The second-order valence-electron chi connectivity index (χ2n) is 8.08. The molecule has 174 valence electrons. The zero-order valence-corrected chi connectivity index (χ0v) is 19.3. The van der Waals surface area contributed by atoms with Crippen LogP contribution >= 0.6 is 0 Å². The molecular formula is C27H26N2O5. The number of carbonyl (C=O) groups excluding carboxylic acids is 2. The number of hydrogen-bond donors (Lipinski definition) is 1. The number of nitrogens with zero attached hydrogens (tertiary/aromatic N) is 2. The van der Waals surface area contributed by atoms with E-state index in [1.807, 2.05) is 31.2 Å². The topological polar surface area (TPSA) is 89.0 Å². The predicted octanol–water partition coefficient (Wildman–Crippen LogP) is 4.07. The van der Waals surface area contributed by atoms with Crippen LogP contribution in [0.25, 0.3) is 5.76 Å².